The van der Waals surface area contributed by atoms with Crippen LogP contribution in [0.25, 0.3) is 0 Å². The lowest BCUT2D eigenvalue weighted by Crippen LogP contribution is -2.39. The summed E-state index contributed by atoms with van der Waals surface area (Å²) in [5, 5.41) is 2.98. The molecule has 3 unspecified atom stereocenters. The van der Waals surface area contributed by atoms with Crippen molar-refractivity contribution in [3.63, 3.8) is 0 Å². The molecule has 3 atom stereocenters. The van der Waals surface area contributed by atoms with Crippen LogP contribution in [0, 0.1) is 5.92 Å². The lowest BCUT2D eigenvalue weighted by Gasteiger charge is -2.24. The normalized spacial score (nSPS) is 25.1. The van der Waals surface area contributed by atoms with Gasteiger partial charge in [-0.2, -0.15) is 0 Å². The lowest BCUT2D eigenvalue weighted by molar-refractivity contribution is -0.130. The number of sulfone groups is 1. The first-order chi connectivity index (χ1) is 13.2. The first kappa shape index (κ1) is 20.6. The van der Waals surface area contributed by atoms with Gasteiger partial charge in [-0.05, 0) is 33.3 Å². The Labute approximate surface area is 166 Å². The van der Waals surface area contributed by atoms with Crippen LogP contribution in [0.3, 0.4) is 0 Å². The van der Waals surface area contributed by atoms with Crippen LogP contribution in [0.5, 0.6) is 5.75 Å². The van der Waals surface area contributed by atoms with Crippen LogP contribution in [0.1, 0.15) is 45.2 Å². The summed E-state index contributed by atoms with van der Waals surface area (Å²) in [5.41, 5.74) is 0.882. The molecule has 2 aliphatic heterocycles. The van der Waals surface area contributed by atoms with E-state index in [1.165, 1.54) is 0 Å². The maximum atomic E-state index is 12.7. The van der Waals surface area contributed by atoms with Gasteiger partial charge in [0.25, 0.3) is 0 Å². The highest BCUT2D eigenvalue weighted by atomic mass is 32.2. The molecule has 2 fully saturated rings. The molecule has 0 bridgehead atoms. The fourth-order valence-corrected chi connectivity index (χ4v) is 5.62. The molecule has 2 heterocycles. The van der Waals surface area contributed by atoms with E-state index in [1.807, 2.05) is 45.0 Å². The third kappa shape index (κ3) is 4.66. The molecular formula is C20H28N2O5S. The average molecular weight is 409 g/mol. The number of ether oxygens (including phenoxy) is 1. The molecule has 1 N–H and O–H groups in total. The Morgan fingerprint density at radius 1 is 1.25 bits per heavy atom. The van der Waals surface area contributed by atoms with E-state index in [4.69, 9.17) is 4.74 Å². The molecule has 2 aliphatic rings. The second-order valence-electron chi connectivity index (χ2n) is 7.94. The molecule has 0 radical (unpaired) electrons. The van der Waals surface area contributed by atoms with Crippen molar-refractivity contribution in [3.05, 3.63) is 29.8 Å². The monoisotopic (exact) mass is 408 g/mol. The third-order valence-electron chi connectivity index (χ3n) is 5.29. The Morgan fingerprint density at radius 2 is 1.96 bits per heavy atom. The van der Waals surface area contributed by atoms with Gasteiger partial charge in [-0.15, -0.1) is 0 Å². The number of benzene rings is 1. The molecule has 154 valence electrons. The molecule has 0 spiro atoms. The molecule has 28 heavy (non-hydrogen) atoms. The van der Waals surface area contributed by atoms with Crippen LogP contribution in [0.4, 0.5) is 0 Å². The van der Waals surface area contributed by atoms with E-state index in [-0.39, 0.29) is 54.5 Å². The van der Waals surface area contributed by atoms with Crippen molar-refractivity contribution in [1.82, 2.24) is 10.2 Å². The van der Waals surface area contributed by atoms with E-state index >= 15 is 0 Å². The van der Waals surface area contributed by atoms with Crippen molar-refractivity contribution >= 4 is 21.7 Å². The van der Waals surface area contributed by atoms with Crippen molar-refractivity contribution < 1.29 is 22.7 Å². The van der Waals surface area contributed by atoms with Crippen molar-refractivity contribution in [2.75, 3.05) is 18.1 Å². The minimum absolute atomic E-state index is 0.00337. The van der Waals surface area contributed by atoms with Crippen molar-refractivity contribution in [2.45, 2.75) is 51.8 Å². The molecule has 0 aromatic heterocycles. The van der Waals surface area contributed by atoms with Crippen LogP contribution >= 0.6 is 0 Å². The maximum Gasteiger partial charge on any atom is 0.225 e. The highest BCUT2D eigenvalue weighted by Gasteiger charge is 2.42. The molecule has 3 rings (SSSR count). The van der Waals surface area contributed by atoms with E-state index in [1.54, 1.807) is 4.90 Å². The summed E-state index contributed by atoms with van der Waals surface area (Å²) < 4.78 is 29.2. The van der Waals surface area contributed by atoms with Gasteiger partial charge in [0.05, 0.1) is 29.6 Å². The zero-order valence-corrected chi connectivity index (χ0v) is 17.4. The van der Waals surface area contributed by atoms with Gasteiger partial charge in [-0.1, -0.05) is 18.2 Å². The zero-order valence-electron chi connectivity index (χ0n) is 16.6. The maximum absolute atomic E-state index is 12.7. The summed E-state index contributed by atoms with van der Waals surface area (Å²) in [4.78, 5) is 26.7. The largest absolute Gasteiger partial charge is 0.491 e. The second kappa shape index (κ2) is 8.11. The SMILES string of the molecule is CC(C)Oc1ccccc1C(C)NC(=O)C1CC(=O)N(C2CCS(=O)(=O)C2)C1. The number of nitrogens with one attached hydrogen (secondary N) is 1. The molecule has 2 amide bonds. The first-order valence-corrected chi connectivity index (χ1v) is 11.5. The quantitative estimate of drug-likeness (QED) is 0.773. The molecule has 1 aromatic rings. The van der Waals surface area contributed by atoms with Crippen LogP contribution in [-0.2, 0) is 19.4 Å². The van der Waals surface area contributed by atoms with E-state index in [2.05, 4.69) is 5.32 Å². The Morgan fingerprint density at radius 3 is 2.61 bits per heavy atom. The minimum Gasteiger partial charge on any atom is -0.491 e. The number of nitrogens with zero attached hydrogens (tertiary/aromatic N) is 1. The van der Waals surface area contributed by atoms with Crippen LogP contribution in [-0.4, -0.2) is 55.3 Å². The number of hydrogen-bond donors (Lipinski definition) is 1. The lowest BCUT2D eigenvalue weighted by atomic mass is 10.0. The minimum atomic E-state index is -3.07. The Balaban J connectivity index is 1.63. The fraction of sp³-hybridized carbons (Fsp3) is 0.600. The highest BCUT2D eigenvalue weighted by Crippen LogP contribution is 2.29. The summed E-state index contributed by atoms with van der Waals surface area (Å²) in [6.07, 6.45) is 0.602. The van der Waals surface area contributed by atoms with Gasteiger partial charge in [0.15, 0.2) is 9.84 Å². The van der Waals surface area contributed by atoms with Gasteiger partial charge in [-0.3, -0.25) is 9.59 Å². The summed E-state index contributed by atoms with van der Waals surface area (Å²) in [5.74, 6) is 0.0507. The molecule has 7 nitrogen and oxygen atoms in total. The number of rotatable bonds is 6. The van der Waals surface area contributed by atoms with Gasteiger partial charge in [0.1, 0.15) is 5.75 Å². The number of amides is 2. The summed E-state index contributed by atoms with van der Waals surface area (Å²) >= 11 is 0. The summed E-state index contributed by atoms with van der Waals surface area (Å²) in [6.45, 7) is 6.06. The molecule has 2 saturated heterocycles. The smallest absolute Gasteiger partial charge is 0.225 e. The van der Waals surface area contributed by atoms with Crippen molar-refractivity contribution in [1.29, 1.82) is 0 Å². The topological polar surface area (TPSA) is 92.8 Å². The number of likely N-dealkylation sites (tertiary alicyclic amines) is 1. The van der Waals surface area contributed by atoms with Gasteiger partial charge in [0, 0.05) is 24.6 Å². The predicted molar refractivity (Wildman–Crippen MR) is 106 cm³/mol. The average Bonchev–Trinajstić information content (AvgIpc) is 3.16. The first-order valence-electron chi connectivity index (χ1n) is 9.72. The van der Waals surface area contributed by atoms with Gasteiger partial charge >= 0.3 is 0 Å². The standard InChI is InChI=1S/C20H28N2O5S/c1-13(2)27-18-7-5-4-6-17(18)14(3)21-20(24)15-10-19(23)22(11-15)16-8-9-28(25,26)12-16/h4-7,13-16H,8-12H2,1-3H3,(H,21,24). The third-order valence-corrected chi connectivity index (χ3v) is 7.04. The highest BCUT2D eigenvalue weighted by molar-refractivity contribution is 7.91. The van der Waals surface area contributed by atoms with Crippen LogP contribution in [0.2, 0.25) is 0 Å². The molecular weight excluding hydrogens is 380 g/mol. The Hall–Kier alpha value is -2.09. The zero-order chi connectivity index (χ0) is 20.5. The molecule has 1 aromatic carbocycles. The van der Waals surface area contributed by atoms with Crippen molar-refractivity contribution in [2.24, 2.45) is 5.92 Å². The number of carbonyl (C=O) groups is 2. The van der Waals surface area contributed by atoms with Gasteiger partial charge < -0.3 is 15.0 Å². The fourth-order valence-electron chi connectivity index (χ4n) is 3.89. The Kier molecular flexibility index (Phi) is 5.98. The second-order valence-corrected chi connectivity index (χ2v) is 10.2. The van der Waals surface area contributed by atoms with E-state index in [0.717, 1.165) is 11.3 Å². The molecule has 8 heteroatoms. The van der Waals surface area contributed by atoms with Crippen LogP contribution < -0.4 is 10.1 Å². The van der Waals surface area contributed by atoms with Crippen molar-refractivity contribution in [3.8, 4) is 5.75 Å². The van der Waals surface area contributed by atoms with E-state index < -0.39 is 15.8 Å². The van der Waals surface area contributed by atoms with Crippen LogP contribution in [0.15, 0.2) is 24.3 Å². The number of para-hydroxylation sites is 1. The predicted octanol–water partition coefficient (Wildman–Crippen LogP) is 1.69. The van der Waals surface area contributed by atoms with E-state index in [0.29, 0.717) is 6.42 Å². The summed E-state index contributed by atoms with van der Waals surface area (Å²) in [6, 6.07) is 7.01. The number of carbonyl (C=O) groups excluding carboxylic acids is 2. The Bertz CT molecular complexity index is 852. The van der Waals surface area contributed by atoms with Gasteiger partial charge in [-0.25, -0.2) is 8.42 Å². The summed E-state index contributed by atoms with van der Waals surface area (Å²) in [7, 11) is -3.07. The molecule has 0 aliphatic carbocycles. The molecule has 0 saturated carbocycles. The van der Waals surface area contributed by atoms with E-state index in [9.17, 15) is 18.0 Å². The van der Waals surface area contributed by atoms with Gasteiger partial charge in [0.2, 0.25) is 11.8 Å². The number of hydrogen-bond acceptors (Lipinski definition) is 5.